The first-order valence-corrected chi connectivity index (χ1v) is 6.85. The lowest BCUT2D eigenvalue weighted by Gasteiger charge is -2.30. The normalized spacial score (nSPS) is 14.7. The molecule has 3 nitrogen and oxygen atoms in total. The van der Waals surface area contributed by atoms with Crippen LogP contribution in [0, 0.1) is 0 Å². The van der Waals surface area contributed by atoms with Crippen molar-refractivity contribution in [2.75, 3.05) is 0 Å². The van der Waals surface area contributed by atoms with E-state index in [0.717, 1.165) is 0 Å². The summed E-state index contributed by atoms with van der Waals surface area (Å²) < 4.78 is 106. The Bertz CT molecular complexity index is 393. The number of hydrogen-bond donors (Lipinski definition) is 1. The van der Waals surface area contributed by atoms with Crippen LogP contribution in [0.4, 0.5) is 26.3 Å². The van der Waals surface area contributed by atoms with Crippen LogP contribution in [-0.4, -0.2) is 30.1 Å². The van der Waals surface area contributed by atoms with Crippen LogP contribution in [0.25, 0.3) is 0 Å². The average molecular weight is 316 g/mol. The Morgan fingerprint density at radius 1 is 0.947 bits per heavy atom. The van der Waals surface area contributed by atoms with Crippen molar-refractivity contribution in [3.8, 4) is 0 Å². The molecule has 0 fully saturated rings. The second kappa shape index (κ2) is 5.86. The second-order valence-electron chi connectivity index (χ2n) is 4.08. The molecule has 0 rings (SSSR count). The largest absolute Gasteiger partial charge is 0.437 e. The molecule has 1 N–H and O–H groups in total. The number of unbranched alkanes of at least 4 members (excludes halogenated alkanes) is 3. The van der Waals surface area contributed by atoms with Gasteiger partial charge in [0.2, 0.25) is 0 Å². The Balaban J connectivity index is 5.06. The predicted molar refractivity (Wildman–Crippen MR) is 55.1 cm³/mol. The van der Waals surface area contributed by atoms with Crippen LogP contribution in [-0.2, 0) is 10.1 Å². The molecule has 0 atom stereocenters. The van der Waals surface area contributed by atoms with E-state index in [2.05, 4.69) is 0 Å². The smallest absolute Gasteiger partial charge is 0.281 e. The highest BCUT2D eigenvalue weighted by atomic mass is 32.2. The molecule has 19 heavy (non-hydrogen) atoms. The fourth-order valence-corrected chi connectivity index (χ4v) is 1.78. The summed E-state index contributed by atoms with van der Waals surface area (Å²) in [6.07, 6.45) is -0.859. The highest BCUT2D eigenvalue weighted by Crippen LogP contribution is 2.50. The molecule has 0 saturated carbocycles. The van der Waals surface area contributed by atoms with Crippen LogP contribution >= 0.6 is 0 Å². The molecule has 0 aromatic carbocycles. The van der Waals surface area contributed by atoms with E-state index in [1.165, 1.54) is 0 Å². The standard InChI is InChI=1S/C9H14F6O3S/c1-2-3-4-5-6-7(10,11)8(12,13)9(14,15)19(16,17)18/h2-6H2,1H3,(H,16,17,18). The molecule has 0 aromatic rings. The van der Waals surface area contributed by atoms with Gasteiger partial charge in [0.1, 0.15) is 0 Å². The van der Waals surface area contributed by atoms with Gasteiger partial charge in [-0.15, -0.1) is 0 Å². The summed E-state index contributed by atoms with van der Waals surface area (Å²) in [5, 5.41) is -6.24. The topological polar surface area (TPSA) is 54.4 Å². The summed E-state index contributed by atoms with van der Waals surface area (Å²) in [6.45, 7) is 1.72. The van der Waals surface area contributed by atoms with Crippen LogP contribution in [0.1, 0.15) is 39.0 Å². The van der Waals surface area contributed by atoms with Crippen molar-refractivity contribution >= 4 is 10.1 Å². The maximum absolute atomic E-state index is 13.0. The maximum Gasteiger partial charge on any atom is 0.437 e. The van der Waals surface area contributed by atoms with Gasteiger partial charge in [-0.1, -0.05) is 26.2 Å². The zero-order valence-electron chi connectivity index (χ0n) is 9.98. The summed E-state index contributed by atoms with van der Waals surface area (Å²) in [7, 11) is -6.64. The first-order valence-electron chi connectivity index (χ1n) is 5.41. The molecule has 0 aromatic heterocycles. The molecule has 0 unspecified atom stereocenters. The number of rotatable bonds is 8. The second-order valence-corrected chi connectivity index (χ2v) is 5.54. The predicted octanol–water partition coefficient (Wildman–Crippen LogP) is 3.71. The van der Waals surface area contributed by atoms with Gasteiger partial charge >= 0.3 is 27.2 Å². The fraction of sp³-hybridized carbons (Fsp3) is 1.00. The van der Waals surface area contributed by atoms with Crippen molar-refractivity contribution in [3.63, 3.8) is 0 Å². The van der Waals surface area contributed by atoms with E-state index in [0.29, 0.717) is 12.8 Å². The van der Waals surface area contributed by atoms with Crippen molar-refractivity contribution in [2.45, 2.75) is 56.1 Å². The zero-order chi connectivity index (χ0) is 15.5. The summed E-state index contributed by atoms with van der Waals surface area (Å²) in [5.74, 6) is -11.4. The molecular weight excluding hydrogens is 302 g/mol. The highest BCUT2D eigenvalue weighted by Gasteiger charge is 2.76. The first kappa shape index (κ1) is 18.5. The molecule has 0 radical (unpaired) electrons. The Morgan fingerprint density at radius 2 is 1.42 bits per heavy atom. The Labute approximate surface area is 106 Å². The van der Waals surface area contributed by atoms with Crippen LogP contribution in [0.3, 0.4) is 0 Å². The van der Waals surface area contributed by atoms with Crippen molar-refractivity contribution in [3.05, 3.63) is 0 Å². The average Bonchev–Trinajstić information content (AvgIpc) is 2.22. The fourth-order valence-electron chi connectivity index (χ4n) is 1.31. The Morgan fingerprint density at radius 3 is 1.79 bits per heavy atom. The third-order valence-electron chi connectivity index (χ3n) is 2.49. The zero-order valence-corrected chi connectivity index (χ0v) is 10.8. The lowest BCUT2D eigenvalue weighted by Crippen LogP contribution is -2.57. The van der Waals surface area contributed by atoms with Gasteiger partial charge in [0.05, 0.1) is 0 Å². The lowest BCUT2D eigenvalue weighted by molar-refractivity contribution is -0.282. The van der Waals surface area contributed by atoms with Crippen molar-refractivity contribution in [1.82, 2.24) is 0 Å². The van der Waals surface area contributed by atoms with Gasteiger partial charge in [0, 0.05) is 6.42 Å². The minimum Gasteiger partial charge on any atom is -0.281 e. The van der Waals surface area contributed by atoms with Gasteiger partial charge in [-0.25, -0.2) is 0 Å². The van der Waals surface area contributed by atoms with Gasteiger partial charge in [-0.2, -0.15) is 34.8 Å². The molecule has 0 bridgehead atoms. The van der Waals surface area contributed by atoms with Gasteiger partial charge < -0.3 is 0 Å². The van der Waals surface area contributed by atoms with Crippen molar-refractivity contribution in [1.29, 1.82) is 0 Å². The van der Waals surface area contributed by atoms with E-state index >= 15 is 0 Å². The Hall–Kier alpha value is -0.510. The van der Waals surface area contributed by atoms with Crippen LogP contribution in [0.5, 0.6) is 0 Å². The van der Waals surface area contributed by atoms with Crippen molar-refractivity contribution in [2.24, 2.45) is 0 Å². The lowest BCUT2D eigenvalue weighted by atomic mass is 10.0. The van der Waals surface area contributed by atoms with Gasteiger partial charge in [0.25, 0.3) is 0 Å². The molecule has 0 aliphatic carbocycles. The molecule has 0 spiro atoms. The summed E-state index contributed by atoms with van der Waals surface area (Å²) in [4.78, 5) is 0. The SMILES string of the molecule is CCCCCCC(F)(F)C(F)(F)C(F)(F)S(=O)(=O)O. The molecule has 0 aliphatic heterocycles. The number of hydrogen-bond acceptors (Lipinski definition) is 2. The number of halogens is 6. The summed E-state index contributed by atoms with van der Waals surface area (Å²) in [5.41, 5.74) is 0. The van der Waals surface area contributed by atoms with E-state index in [-0.39, 0.29) is 6.42 Å². The van der Waals surface area contributed by atoms with E-state index in [1.54, 1.807) is 6.92 Å². The molecule has 0 amide bonds. The number of alkyl halides is 6. The Kier molecular flexibility index (Phi) is 5.70. The van der Waals surface area contributed by atoms with Crippen LogP contribution in [0.2, 0.25) is 0 Å². The van der Waals surface area contributed by atoms with E-state index in [4.69, 9.17) is 4.55 Å². The molecule has 0 saturated heterocycles. The maximum atomic E-state index is 13.0. The third kappa shape index (κ3) is 3.74. The minimum absolute atomic E-state index is 0.125. The van der Waals surface area contributed by atoms with Crippen LogP contribution in [0.15, 0.2) is 0 Å². The molecule has 0 heterocycles. The van der Waals surface area contributed by atoms with E-state index in [9.17, 15) is 34.8 Å². The molecule has 10 heteroatoms. The third-order valence-corrected chi connectivity index (χ3v) is 3.40. The quantitative estimate of drug-likeness (QED) is 0.422. The van der Waals surface area contributed by atoms with E-state index in [1.807, 2.05) is 0 Å². The summed E-state index contributed by atoms with van der Waals surface area (Å²) in [6, 6.07) is 0. The van der Waals surface area contributed by atoms with Gasteiger partial charge in [0.15, 0.2) is 0 Å². The molecule has 0 aliphatic rings. The van der Waals surface area contributed by atoms with Crippen molar-refractivity contribution < 1.29 is 39.3 Å². The van der Waals surface area contributed by atoms with Crippen LogP contribution < -0.4 is 0 Å². The molecule has 116 valence electrons. The monoisotopic (exact) mass is 316 g/mol. The highest BCUT2D eigenvalue weighted by molar-refractivity contribution is 7.87. The summed E-state index contributed by atoms with van der Waals surface area (Å²) >= 11 is 0. The van der Waals surface area contributed by atoms with Gasteiger partial charge in [-0.05, 0) is 6.42 Å². The minimum atomic E-state index is -6.64. The van der Waals surface area contributed by atoms with E-state index < -0.39 is 40.1 Å². The van der Waals surface area contributed by atoms with Gasteiger partial charge in [-0.3, -0.25) is 4.55 Å². The molecular formula is C9H14F6O3S. The first-order chi connectivity index (χ1) is 8.31.